The van der Waals surface area contributed by atoms with Crippen LogP contribution < -0.4 is 10.6 Å². The predicted molar refractivity (Wildman–Crippen MR) is 76.5 cm³/mol. The average Bonchev–Trinajstić information content (AvgIpc) is 2.74. The third kappa shape index (κ3) is 3.51. The molecule has 1 heterocycles. The van der Waals surface area contributed by atoms with E-state index in [0.717, 1.165) is 6.07 Å². The molecule has 1 aromatic heterocycles. The molecule has 6 nitrogen and oxygen atoms in total. The van der Waals surface area contributed by atoms with Crippen LogP contribution in [0.4, 0.5) is 20.6 Å². The molecule has 21 heavy (non-hydrogen) atoms. The lowest BCUT2D eigenvalue weighted by Crippen LogP contribution is -2.21. The minimum absolute atomic E-state index is 0.0685. The van der Waals surface area contributed by atoms with Gasteiger partial charge in [-0.05, 0) is 31.2 Å². The van der Waals surface area contributed by atoms with Gasteiger partial charge in [-0.3, -0.25) is 0 Å². The number of rotatable bonds is 3. The van der Waals surface area contributed by atoms with E-state index in [1.807, 2.05) is 0 Å². The highest BCUT2D eigenvalue weighted by Gasteiger charge is 2.16. The monoisotopic (exact) mass is 311 g/mol. The van der Waals surface area contributed by atoms with Crippen LogP contribution >= 0.6 is 11.6 Å². The van der Waals surface area contributed by atoms with Crippen LogP contribution in [-0.4, -0.2) is 22.1 Å². The van der Waals surface area contributed by atoms with Crippen LogP contribution in [-0.2, 0) is 0 Å². The summed E-state index contributed by atoms with van der Waals surface area (Å²) in [6.07, 6.45) is 0. The molecular weight excluding hydrogens is 301 g/mol. The van der Waals surface area contributed by atoms with Crippen LogP contribution in [0.2, 0.25) is 5.02 Å². The molecule has 0 aliphatic heterocycles. The molecule has 0 fully saturated rings. The minimum atomic E-state index is -1.21. The van der Waals surface area contributed by atoms with Crippen LogP contribution in [0.1, 0.15) is 16.2 Å². The summed E-state index contributed by atoms with van der Waals surface area (Å²) in [5.74, 6) is -1.91. The molecule has 0 spiro atoms. The number of benzene rings is 1. The summed E-state index contributed by atoms with van der Waals surface area (Å²) in [4.78, 5) is 25.4. The van der Waals surface area contributed by atoms with Gasteiger partial charge in [0.1, 0.15) is 11.5 Å². The number of hydrogen-bond donors (Lipinski definition) is 4. The van der Waals surface area contributed by atoms with Crippen molar-refractivity contribution >= 4 is 35.0 Å². The molecular formula is C13H11ClFN3O3. The van der Waals surface area contributed by atoms with Crippen molar-refractivity contribution < 1.29 is 19.1 Å². The van der Waals surface area contributed by atoms with Gasteiger partial charge in [0.2, 0.25) is 0 Å². The molecule has 2 rings (SSSR count). The number of carboxylic acids is 1. The number of halogens is 2. The van der Waals surface area contributed by atoms with Gasteiger partial charge in [0, 0.05) is 10.7 Å². The number of aromatic amines is 1. The van der Waals surface area contributed by atoms with E-state index in [1.165, 1.54) is 18.2 Å². The van der Waals surface area contributed by atoms with Crippen molar-refractivity contribution in [2.24, 2.45) is 0 Å². The maximum atomic E-state index is 13.5. The van der Waals surface area contributed by atoms with Crippen LogP contribution in [0.3, 0.4) is 0 Å². The van der Waals surface area contributed by atoms with E-state index in [0.29, 0.717) is 5.69 Å². The molecule has 0 radical (unpaired) electrons. The van der Waals surface area contributed by atoms with Crippen molar-refractivity contribution in [3.63, 3.8) is 0 Å². The van der Waals surface area contributed by atoms with Gasteiger partial charge in [0.05, 0.1) is 11.4 Å². The van der Waals surface area contributed by atoms with Gasteiger partial charge < -0.3 is 20.7 Å². The van der Waals surface area contributed by atoms with E-state index in [-0.39, 0.29) is 22.1 Å². The average molecular weight is 312 g/mol. The molecule has 0 saturated carbocycles. The molecule has 8 heteroatoms. The second kappa shape index (κ2) is 5.84. The first-order valence-corrected chi connectivity index (χ1v) is 6.20. The zero-order chi connectivity index (χ0) is 15.6. The molecule has 0 aliphatic rings. The second-order valence-electron chi connectivity index (χ2n) is 4.25. The molecule has 4 N–H and O–H groups in total. The number of aromatic carboxylic acids is 1. The third-order valence-corrected chi connectivity index (χ3v) is 2.83. The Labute approximate surface area is 123 Å². The largest absolute Gasteiger partial charge is 0.477 e. The standard InChI is InChI=1S/C13H11ClFN3O3/c1-6-4-10(11(16-6)12(19)20)18-13(21)17-9-3-2-7(14)5-8(9)15/h2-5,16H,1H3,(H,19,20)(H2,17,18,21). The Bertz CT molecular complexity index is 715. The molecule has 0 aliphatic carbocycles. The lowest BCUT2D eigenvalue weighted by Gasteiger charge is -2.08. The first-order chi connectivity index (χ1) is 9.86. The first-order valence-electron chi connectivity index (χ1n) is 5.83. The molecule has 0 unspecified atom stereocenters. The number of aromatic nitrogens is 1. The summed E-state index contributed by atoms with van der Waals surface area (Å²) < 4.78 is 13.5. The minimum Gasteiger partial charge on any atom is -0.477 e. The van der Waals surface area contributed by atoms with E-state index in [1.54, 1.807) is 6.92 Å². The van der Waals surface area contributed by atoms with Crippen LogP contribution in [0.25, 0.3) is 0 Å². The van der Waals surface area contributed by atoms with Gasteiger partial charge in [0.25, 0.3) is 0 Å². The summed E-state index contributed by atoms with van der Waals surface area (Å²) in [5, 5.41) is 13.8. The predicted octanol–water partition coefficient (Wildman–Crippen LogP) is 3.46. The number of aryl methyl sites for hydroxylation is 1. The molecule has 2 amide bonds. The fourth-order valence-electron chi connectivity index (χ4n) is 1.72. The highest BCUT2D eigenvalue weighted by Crippen LogP contribution is 2.20. The third-order valence-electron chi connectivity index (χ3n) is 2.59. The number of nitrogens with one attached hydrogen (secondary N) is 3. The Kier molecular flexibility index (Phi) is 4.13. The van der Waals surface area contributed by atoms with Gasteiger partial charge in [-0.2, -0.15) is 0 Å². The van der Waals surface area contributed by atoms with E-state index < -0.39 is 17.8 Å². The summed E-state index contributed by atoms with van der Waals surface area (Å²) in [7, 11) is 0. The number of urea groups is 1. The number of carbonyl (C=O) groups excluding carboxylic acids is 1. The Morgan fingerprint density at radius 3 is 2.52 bits per heavy atom. The number of carbonyl (C=O) groups is 2. The number of carboxylic acid groups (broad SMARTS) is 1. The van der Waals surface area contributed by atoms with E-state index >= 15 is 0 Å². The van der Waals surface area contributed by atoms with Crippen molar-refractivity contribution in [2.75, 3.05) is 10.6 Å². The number of hydrogen-bond acceptors (Lipinski definition) is 2. The van der Waals surface area contributed by atoms with E-state index in [4.69, 9.17) is 16.7 Å². The smallest absolute Gasteiger partial charge is 0.354 e. The summed E-state index contributed by atoms with van der Waals surface area (Å²) >= 11 is 5.60. The fraction of sp³-hybridized carbons (Fsp3) is 0.0769. The Balaban J connectivity index is 2.13. The SMILES string of the molecule is Cc1cc(NC(=O)Nc2ccc(Cl)cc2F)c(C(=O)O)[nH]1. The molecule has 0 atom stereocenters. The highest BCUT2D eigenvalue weighted by molar-refractivity contribution is 6.30. The Morgan fingerprint density at radius 2 is 1.90 bits per heavy atom. The first kappa shape index (κ1) is 14.9. The Hall–Kier alpha value is -2.54. The number of H-pyrrole nitrogens is 1. The Morgan fingerprint density at radius 1 is 1.24 bits per heavy atom. The molecule has 1 aromatic carbocycles. The zero-order valence-electron chi connectivity index (χ0n) is 10.8. The molecule has 110 valence electrons. The van der Waals surface area contributed by atoms with Gasteiger partial charge in [-0.1, -0.05) is 11.6 Å². The lowest BCUT2D eigenvalue weighted by atomic mass is 10.3. The maximum Gasteiger partial charge on any atom is 0.354 e. The van der Waals surface area contributed by atoms with Crippen LogP contribution in [0.5, 0.6) is 0 Å². The summed E-state index contributed by atoms with van der Waals surface area (Å²) in [5.41, 5.74) is 0.438. The summed E-state index contributed by atoms with van der Waals surface area (Å²) in [6.45, 7) is 1.65. The highest BCUT2D eigenvalue weighted by atomic mass is 35.5. The van der Waals surface area contributed by atoms with Crippen LogP contribution in [0, 0.1) is 12.7 Å². The topological polar surface area (TPSA) is 94.2 Å². The fourth-order valence-corrected chi connectivity index (χ4v) is 1.88. The maximum absolute atomic E-state index is 13.5. The van der Waals surface area contributed by atoms with Gasteiger partial charge in [-0.15, -0.1) is 0 Å². The van der Waals surface area contributed by atoms with Gasteiger partial charge in [0.15, 0.2) is 0 Å². The molecule has 0 saturated heterocycles. The van der Waals surface area contributed by atoms with Crippen LogP contribution in [0.15, 0.2) is 24.3 Å². The van der Waals surface area contributed by atoms with E-state index in [9.17, 15) is 14.0 Å². The number of amides is 2. The normalized spacial score (nSPS) is 10.2. The molecule has 0 bridgehead atoms. The zero-order valence-corrected chi connectivity index (χ0v) is 11.6. The van der Waals surface area contributed by atoms with Crippen molar-refractivity contribution in [3.8, 4) is 0 Å². The van der Waals surface area contributed by atoms with Crippen molar-refractivity contribution in [2.45, 2.75) is 6.92 Å². The summed E-state index contributed by atoms with van der Waals surface area (Å²) in [6, 6.07) is 4.47. The van der Waals surface area contributed by atoms with E-state index in [2.05, 4.69) is 15.6 Å². The van der Waals surface area contributed by atoms with Crippen molar-refractivity contribution in [1.29, 1.82) is 0 Å². The van der Waals surface area contributed by atoms with Crippen molar-refractivity contribution in [3.05, 3.63) is 46.5 Å². The van der Waals surface area contributed by atoms with Gasteiger partial charge in [-0.25, -0.2) is 14.0 Å². The quantitative estimate of drug-likeness (QED) is 0.699. The van der Waals surface area contributed by atoms with Crippen molar-refractivity contribution in [1.82, 2.24) is 4.98 Å². The number of anilines is 2. The molecule has 2 aromatic rings. The second-order valence-corrected chi connectivity index (χ2v) is 4.69. The lowest BCUT2D eigenvalue weighted by molar-refractivity contribution is 0.0692. The van der Waals surface area contributed by atoms with Gasteiger partial charge >= 0.3 is 12.0 Å².